The summed E-state index contributed by atoms with van der Waals surface area (Å²) >= 11 is 0. The van der Waals surface area contributed by atoms with Crippen LogP contribution in [0.25, 0.3) is 0 Å². The highest BCUT2D eigenvalue weighted by Gasteiger charge is 2.37. The van der Waals surface area contributed by atoms with Crippen molar-refractivity contribution in [3.8, 4) is 0 Å². The van der Waals surface area contributed by atoms with Crippen LogP contribution in [0, 0.1) is 5.41 Å². The van der Waals surface area contributed by atoms with E-state index in [1.165, 1.54) is 0 Å². The Morgan fingerprint density at radius 1 is 1.17 bits per heavy atom. The standard InChI is InChI=1S/C13H25N3O.ClH/c1-13(5-3-6-14-11-13)12(17)16-8-4-7-15(2)9-10-16;/h14H,3-11H2,1-2H3;1H. The van der Waals surface area contributed by atoms with Crippen LogP contribution in [0.5, 0.6) is 0 Å². The number of amides is 1. The molecule has 2 aliphatic heterocycles. The monoisotopic (exact) mass is 275 g/mol. The molecule has 2 aliphatic rings. The summed E-state index contributed by atoms with van der Waals surface area (Å²) in [4.78, 5) is 17.0. The van der Waals surface area contributed by atoms with Gasteiger partial charge in [0.15, 0.2) is 0 Å². The fourth-order valence-corrected chi connectivity index (χ4v) is 2.87. The fraction of sp³-hybridized carbons (Fsp3) is 0.923. The van der Waals surface area contributed by atoms with E-state index in [2.05, 4.69) is 29.1 Å². The Labute approximate surface area is 116 Å². The van der Waals surface area contributed by atoms with Crippen LogP contribution < -0.4 is 5.32 Å². The van der Waals surface area contributed by atoms with Crippen molar-refractivity contribution in [3.63, 3.8) is 0 Å². The lowest BCUT2D eigenvalue weighted by molar-refractivity contribution is -0.142. The maximum absolute atomic E-state index is 12.6. The van der Waals surface area contributed by atoms with Gasteiger partial charge in [-0.1, -0.05) is 0 Å². The van der Waals surface area contributed by atoms with E-state index in [0.717, 1.165) is 58.5 Å². The average molecular weight is 276 g/mol. The number of nitrogens with one attached hydrogen (secondary N) is 1. The van der Waals surface area contributed by atoms with E-state index in [-0.39, 0.29) is 17.8 Å². The van der Waals surface area contributed by atoms with Crippen molar-refractivity contribution in [1.29, 1.82) is 0 Å². The number of nitrogens with zero attached hydrogens (tertiary/aromatic N) is 2. The summed E-state index contributed by atoms with van der Waals surface area (Å²) < 4.78 is 0. The van der Waals surface area contributed by atoms with E-state index in [1.807, 2.05) is 0 Å². The fourth-order valence-electron chi connectivity index (χ4n) is 2.87. The Morgan fingerprint density at radius 2 is 1.94 bits per heavy atom. The largest absolute Gasteiger partial charge is 0.341 e. The first kappa shape index (κ1) is 15.7. The van der Waals surface area contributed by atoms with Crippen molar-refractivity contribution in [2.75, 3.05) is 46.3 Å². The smallest absolute Gasteiger partial charge is 0.229 e. The van der Waals surface area contributed by atoms with Gasteiger partial charge in [0.25, 0.3) is 0 Å². The van der Waals surface area contributed by atoms with Gasteiger partial charge < -0.3 is 15.1 Å². The summed E-state index contributed by atoms with van der Waals surface area (Å²) in [6, 6.07) is 0. The SMILES string of the molecule is CN1CCCN(C(=O)C2(C)CCCNC2)CC1.Cl. The zero-order valence-corrected chi connectivity index (χ0v) is 12.4. The number of hydrogen-bond acceptors (Lipinski definition) is 3. The summed E-state index contributed by atoms with van der Waals surface area (Å²) in [5.74, 6) is 0.361. The molecule has 18 heavy (non-hydrogen) atoms. The van der Waals surface area contributed by atoms with Crippen LogP contribution in [0.3, 0.4) is 0 Å². The molecule has 0 aromatic carbocycles. The van der Waals surface area contributed by atoms with E-state index < -0.39 is 0 Å². The maximum atomic E-state index is 12.6. The van der Waals surface area contributed by atoms with Gasteiger partial charge in [0.05, 0.1) is 5.41 Å². The zero-order valence-electron chi connectivity index (χ0n) is 11.6. The Morgan fingerprint density at radius 3 is 2.61 bits per heavy atom. The quantitative estimate of drug-likeness (QED) is 0.774. The second-order valence-corrected chi connectivity index (χ2v) is 5.79. The Balaban J connectivity index is 0.00000162. The highest BCUT2D eigenvalue weighted by Crippen LogP contribution is 2.28. The van der Waals surface area contributed by atoms with E-state index >= 15 is 0 Å². The Bertz CT molecular complexity index is 279. The molecule has 0 radical (unpaired) electrons. The first-order valence-corrected chi connectivity index (χ1v) is 6.80. The van der Waals surface area contributed by atoms with Crippen molar-refractivity contribution in [3.05, 3.63) is 0 Å². The first-order chi connectivity index (χ1) is 8.12. The number of likely N-dealkylation sites (N-methyl/N-ethyl adjacent to an activating group) is 1. The molecule has 2 heterocycles. The molecule has 1 atom stereocenters. The number of rotatable bonds is 1. The lowest BCUT2D eigenvalue weighted by Crippen LogP contribution is -2.51. The molecule has 0 aromatic heterocycles. The Kier molecular flexibility index (Phi) is 5.89. The molecular formula is C13H26ClN3O. The van der Waals surface area contributed by atoms with Crippen LogP contribution in [-0.2, 0) is 4.79 Å². The Hall–Kier alpha value is -0.320. The molecule has 2 rings (SSSR count). The van der Waals surface area contributed by atoms with Gasteiger partial charge >= 0.3 is 0 Å². The predicted molar refractivity (Wildman–Crippen MR) is 76.2 cm³/mol. The molecule has 2 saturated heterocycles. The highest BCUT2D eigenvalue weighted by molar-refractivity contribution is 5.85. The third-order valence-electron chi connectivity index (χ3n) is 4.12. The second-order valence-electron chi connectivity index (χ2n) is 5.79. The first-order valence-electron chi connectivity index (χ1n) is 6.80. The van der Waals surface area contributed by atoms with Gasteiger partial charge in [-0.25, -0.2) is 0 Å². The summed E-state index contributed by atoms with van der Waals surface area (Å²) in [6.45, 7) is 7.97. The lowest BCUT2D eigenvalue weighted by atomic mass is 9.81. The number of carbonyl (C=O) groups excluding carboxylic acids is 1. The van der Waals surface area contributed by atoms with E-state index in [9.17, 15) is 4.79 Å². The maximum Gasteiger partial charge on any atom is 0.229 e. The van der Waals surface area contributed by atoms with Crippen LogP contribution in [-0.4, -0.2) is 62.0 Å². The van der Waals surface area contributed by atoms with Crippen LogP contribution in [0.1, 0.15) is 26.2 Å². The summed E-state index contributed by atoms with van der Waals surface area (Å²) in [5.41, 5.74) is -0.166. The van der Waals surface area contributed by atoms with Crippen molar-refractivity contribution in [2.45, 2.75) is 26.2 Å². The van der Waals surface area contributed by atoms with E-state index in [4.69, 9.17) is 0 Å². The predicted octanol–water partition coefficient (Wildman–Crippen LogP) is 0.962. The van der Waals surface area contributed by atoms with Gasteiger partial charge in [0.2, 0.25) is 5.91 Å². The van der Waals surface area contributed by atoms with Gasteiger partial charge in [-0.3, -0.25) is 4.79 Å². The summed E-state index contributed by atoms with van der Waals surface area (Å²) in [7, 11) is 2.14. The molecule has 1 unspecified atom stereocenters. The van der Waals surface area contributed by atoms with Crippen LogP contribution in [0.2, 0.25) is 0 Å². The van der Waals surface area contributed by atoms with Gasteiger partial charge in [0, 0.05) is 26.2 Å². The van der Waals surface area contributed by atoms with E-state index in [0.29, 0.717) is 5.91 Å². The third-order valence-corrected chi connectivity index (χ3v) is 4.12. The molecule has 1 N–H and O–H groups in total. The number of hydrogen-bond donors (Lipinski definition) is 1. The molecule has 0 spiro atoms. The zero-order chi connectivity index (χ0) is 12.3. The molecule has 0 saturated carbocycles. The molecule has 106 valence electrons. The average Bonchev–Trinajstić information content (AvgIpc) is 2.54. The van der Waals surface area contributed by atoms with Gasteiger partial charge in [-0.15, -0.1) is 12.4 Å². The minimum atomic E-state index is -0.166. The summed E-state index contributed by atoms with van der Waals surface area (Å²) in [6.07, 6.45) is 3.26. The molecule has 5 heteroatoms. The topological polar surface area (TPSA) is 35.6 Å². The molecule has 0 bridgehead atoms. The number of halogens is 1. The van der Waals surface area contributed by atoms with Gasteiger partial charge in [0.1, 0.15) is 0 Å². The van der Waals surface area contributed by atoms with Gasteiger partial charge in [-0.05, 0) is 46.3 Å². The minimum absolute atomic E-state index is 0. The van der Waals surface area contributed by atoms with Crippen molar-refractivity contribution < 1.29 is 4.79 Å². The van der Waals surface area contributed by atoms with Crippen LogP contribution in [0.4, 0.5) is 0 Å². The highest BCUT2D eigenvalue weighted by atomic mass is 35.5. The lowest BCUT2D eigenvalue weighted by Gasteiger charge is -2.37. The van der Waals surface area contributed by atoms with Crippen LogP contribution in [0.15, 0.2) is 0 Å². The molecule has 1 amide bonds. The summed E-state index contributed by atoms with van der Waals surface area (Å²) in [5, 5.41) is 3.36. The normalized spacial score (nSPS) is 30.4. The van der Waals surface area contributed by atoms with Gasteiger partial charge in [-0.2, -0.15) is 0 Å². The number of carbonyl (C=O) groups is 1. The minimum Gasteiger partial charge on any atom is -0.341 e. The molecule has 2 fully saturated rings. The molecule has 4 nitrogen and oxygen atoms in total. The van der Waals surface area contributed by atoms with Crippen LogP contribution >= 0.6 is 12.4 Å². The third kappa shape index (κ3) is 3.59. The van der Waals surface area contributed by atoms with Crippen molar-refractivity contribution >= 4 is 18.3 Å². The number of piperidine rings is 1. The van der Waals surface area contributed by atoms with Crippen molar-refractivity contribution in [2.24, 2.45) is 5.41 Å². The second kappa shape index (κ2) is 6.73. The van der Waals surface area contributed by atoms with Crippen molar-refractivity contribution in [1.82, 2.24) is 15.1 Å². The van der Waals surface area contributed by atoms with E-state index in [1.54, 1.807) is 0 Å². The molecule has 0 aromatic rings. The molecule has 0 aliphatic carbocycles. The molecular weight excluding hydrogens is 250 g/mol.